The molecule has 0 unspecified atom stereocenters. The van der Waals surface area contributed by atoms with Crippen molar-refractivity contribution in [3.05, 3.63) is 64.5 Å². The summed E-state index contributed by atoms with van der Waals surface area (Å²) in [5.41, 5.74) is 4.17. The Labute approximate surface area is 163 Å². The number of carbonyl (C=O) groups excluding carboxylic acids is 1. The van der Waals surface area contributed by atoms with Crippen LogP contribution in [0.3, 0.4) is 0 Å². The van der Waals surface area contributed by atoms with Gasteiger partial charge >= 0.3 is 0 Å². The van der Waals surface area contributed by atoms with Gasteiger partial charge in [-0.25, -0.2) is 9.07 Å². The van der Waals surface area contributed by atoms with Crippen molar-refractivity contribution in [2.45, 2.75) is 39.8 Å². The van der Waals surface area contributed by atoms with E-state index in [2.05, 4.69) is 15.4 Å². The number of halogens is 1. The molecule has 8 heteroatoms. The Balaban J connectivity index is 1.78. The zero-order valence-electron chi connectivity index (χ0n) is 16.8. The smallest absolute Gasteiger partial charge is 0.276 e. The largest absolute Gasteiger partial charge is 0.336 e. The molecular formula is C20H25FN6O. The molecule has 0 aliphatic heterocycles. The molecule has 0 N–H and O–H groups in total. The van der Waals surface area contributed by atoms with E-state index in [0.29, 0.717) is 6.54 Å². The van der Waals surface area contributed by atoms with Crippen LogP contribution in [-0.2, 0) is 13.6 Å². The van der Waals surface area contributed by atoms with Gasteiger partial charge in [-0.15, -0.1) is 5.10 Å². The van der Waals surface area contributed by atoms with Crippen LogP contribution in [0, 0.1) is 19.7 Å². The maximum Gasteiger partial charge on any atom is 0.276 e. The third-order valence-corrected chi connectivity index (χ3v) is 5.09. The number of aryl methyl sites for hydroxylation is 2. The molecular weight excluding hydrogens is 359 g/mol. The highest BCUT2D eigenvalue weighted by Crippen LogP contribution is 2.22. The number of nitrogens with zero attached hydrogens (tertiary/aromatic N) is 6. The van der Waals surface area contributed by atoms with Gasteiger partial charge in [-0.3, -0.25) is 9.48 Å². The van der Waals surface area contributed by atoms with Gasteiger partial charge in [0.25, 0.3) is 5.91 Å². The van der Waals surface area contributed by atoms with Crippen LogP contribution in [0.15, 0.2) is 30.5 Å². The van der Waals surface area contributed by atoms with Crippen molar-refractivity contribution >= 4 is 5.91 Å². The lowest BCUT2D eigenvalue weighted by molar-refractivity contribution is 0.0778. The molecule has 1 amide bonds. The maximum absolute atomic E-state index is 13.2. The zero-order valence-corrected chi connectivity index (χ0v) is 16.8. The van der Waals surface area contributed by atoms with Crippen molar-refractivity contribution in [1.82, 2.24) is 29.7 Å². The highest BCUT2D eigenvalue weighted by Gasteiger charge is 2.21. The van der Waals surface area contributed by atoms with E-state index in [-0.39, 0.29) is 23.5 Å². The zero-order chi connectivity index (χ0) is 20.4. The van der Waals surface area contributed by atoms with Crippen LogP contribution in [0.5, 0.6) is 0 Å². The second-order valence-electron chi connectivity index (χ2n) is 6.99. The second kappa shape index (κ2) is 7.92. The molecule has 2 aromatic heterocycles. The van der Waals surface area contributed by atoms with E-state index in [4.69, 9.17) is 0 Å². The minimum Gasteiger partial charge on any atom is -0.336 e. The fourth-order valence-electron chi connectivity index (χ4n) is 3.34. The average Bonchev–Trinajstić information content (AvgIpc) is 3.24. The number of amides is 1. The maximum atomic E-state index is 13.2. The van der Waals surface area contributed by atoms with Gasteiger partial charge in [0.1, 0.15) is 5.82 Å². The Morgan fingerprint density at radius 2 is 1.93 bits per heavy atom. The first-order valence-electron chi connectivity index (χ1n) is 9.23. The number of benzene rings is 1. The molecule has 28 heavy (non-hydrogen) atoms. The van der Waals surface area contributed by atoms with Crippen LogP contribution >= 0.6 is 0 Å². The fraction of sp³-hybridized carbons (Fsp3) is 0.400. The molecule has 1 aromatic carbocycles. The third kappa shape index (κ3) is 3.81. The van der Waals surface area contributed by atoms with E-state index >= 15 is 0 Å². The SMILES string of the molecule is CC[C@H](c1ccc(F)cc1)n1cc(C(=O)N(C)Cc2c(C)nn(C)c2C)nn1. The Morgan fingerprint density at radius 3 is 2.50 bits per heavy atom. The van der Waals surface area contributed by atoms with Crippen molar-refractivity contribution in [3.8, 4) is 0 Å². The first kappa shape index (κ1) is 19.7. The third-order valence-electron chi connectivity index (χ3n) is 5.09. The topological polar surface area (TPSA) is 68.8 Å². The number of hydrogen-bond donors (Lipinski definition) is 0. The molecule has 0 radical (unpaired) electrons. The lowest BCUT2D eigenvalue weighted by Gasteiger charge is -2.16. The van der Waals surface area contributed by atoms with Crippen LogP contribution in [0.1, 0.15) is 52.4 Å². The van der Waals surface area contributed by atoms with E-state index in [1.165, 1.54) is 12.1 Å². The Bertz CT molecular complexity index is 975. The standard InChI is InChI=1S/C20H25FN6O/c1-6-19(15-7-9-16(21)10-8-15)27-12-18(22-24-27)20(28)25(4)11-17-13(2)23-26(5)14(17)3/h7-10,12,19H,6,11H2,1-5H3/t19-/m1/s1. The first-order valence-corrected chi connectivity index (χ1v) is 9.23. The van der Waals surface area contributed by atoms with Gasteiger partial charge in [0.05, 0.1) is 17.9 Å². The fourth-order valence-corrected chi connectivity index (χ4v) is 3.34. The quantitative estimate of drug-likeness (QED) is 0.655. The summed E-state index contributed by atoms with van der Waals surface area (Å²) < 4.78 is 16.7. The predicted molar refractivity (Wildman–Crippen MR) is 103 cm³/mol. The van der Waals surface area contributed by atoms with Crippen LogP contribution in [0.4, 0.5) is 4.39 Å². The van der Waals surface area contributed by atoms with Crippen molar-refractivity contribution in [2.24, 2.45) is 7.05 Å². The molecule has 0 saturated heterocycles. The van der Waals surface area contributed by atoms with E-state index in [9.17, 15) is 9.18 Å². The second-order valence-corrected chi connectivity index (χ2v) is 6.99. The van der Waals surface area contributed by atoms with Crippen LogP contribution in [0.25, 0.3) is 0 Å². The summed E-state index contributed by atoms with van der Waals surface area (Å²) in [6.45, 7) is 6.38. The lowest BCUT2D eigenvalue weighted by atomic mass is 10.0. The molecule has 0 fully saturated rings. The summed E-state index contributed by atoms with van der Waals surface area (Å²) in [4.78, 5) is 14.4. The van der Waals surface area contributed by atoms with Crippen molar-refractivity contribution < 1.29 is 9.18 Å². The van der Waals surface area contributed by atoms with Gasteiger partial charge in [0.15, 0.2) is 5.69 Å². The number of rotatable bonds is 6. The Kier molecular flexibility index (Phi) is 5.58. The minimum atomic E-state index is -0.282. The van der Waals surface area contributed by atoms with Crippen molar-refractivity contribution in [3.63, 3.8) is 0 Å². The van der Waals surface area contributed by atoms with Crippen LogP contribution < -0.4 is 0 Å². The van der Waals surface area contributed by atoms with Gasteiger partial charge in [-0.2, -0.15) is 5.10 Å². The molecule has 0 aliphatic rings. The highest BCUT2D eigenvalue weighted by molar-refractivity contribution is 5.91. The summed E-state index contributed by atoms with van der Waals surface area (Å²) in [6, 6.07) is 6.20. The van der Waals surface area contributed by atoms with Crippen molar-refractivity contribution in [1.29, 1.82) is 0 Å². The summed E-state index contributed by atoms with van der Waals surface area (Å²) in [7, 11) is 3.63. The van der Waals surface area contributed by atoms with E-state index in [1.54, 1.807) is 35.0 Å². The highest BCUT2D eigenvalue weighted by atomic mass is 19.1. The van der Waals surface area contributed by atoms with Gasteiger partial charge in [-0.1, -0.05) is 24.3 Å². The van der Waals surface area contributed by atoms with Gasteiger partial charge in [-0.05, 0) is 38.0 Å². The predicted octanol–water partition coefficient (Wildman–Crippen LogP) is 3.04. The Hall–Kier alpha value is -3.03. The molecule has 148 valence electrons. The average molecular weight is 384 g/mol. The molecule has 0 aliphatic carbocycles. The molecule has 0 saturated carbocycles. The summed E-state index contributed by atoms with van der Waals surface area (Å²) >= 11 is 0. The lowest BCUT2D eigenvalue weighted by Crippen LogP contribution is -2.27. The molecule has 1 atom stereocenters. The van der Waals surface area contributed by atoms with E-state index < -0.39 is 0 Å². The minimum absolute atomic E-state index is 0.109. The number of carbonyl (C=O) groups is 1. The van der Waals surface area contributed by atoms with Gasteiger partial charge in [0.2, 0.25) is 0 Å². The van der Waals surface area contributed by atoms with Crippen LogP contribution in [0.2, 0.25) is 0 Å². The number of hydrogen-bond acceptors (Lipinski definition) is 4. The summed E-state index contributed by atoms with van der Waals surface area (Å²) in [6.07, 6.45) is 2.39. The molecule has 2 heterocycles. The monoisotopic (exact) mass is 384 g/mol. The van der Waals surface area contributed by atoms with Crippen LogP contribution in [-0.4, -0.2) is 42.6 Å². The normalized spacial score (nSPS) is 12.2. The molecule has 3 aromatic rings. The van der Waals surface area contributed by atoms with Gasteiger partial charge < -0.3 is 4.90 Å². The first-order chi connectivity index (χ1) is 13.3. The molecule has 3 rings (SSSR count). The van der Waals surface area contributed by atoms with E-state index in [1.807, 2.05) is 32.5 Å². The molecule has 0 bridgehead atoms. The Morgan fingerprint density at radius 1 is 1.25 bits per heavy atom. The summed E-state index contributed by atoms with van der Waals surface area (Å²) in [5.74, 6) is -0.487. The van der Waals surface area contributed by atoms with Gasteiger partial charge in [0, 0.05) is 31.9 Å². The number of aromatic nitrogens is 5. The summed E-state index contributed by atoms with van der Waals surface area (Å²) in [5, 5.41) is 12.6. The van der Waals surface area contributed by atoms with Crippen molar-refractivity contribution in [2.75, 3.05) is 7.05 Å². The molecule has 7 nitrogen and oxygen atoms in total. The van der Waals surface area contributed by atoms with E-state index in [0.717, 1.165) is 28.9 Å². The molecule has 0 spiro atoms.